The normalized spacial score (nSPS) is 32.0. The van der Waals surface area contributed by atoms with Gasteiger partial charge in [-0.15, -0.1) is 11.8 Å². The average molecular weight is 497 g/mol. The van der Waals surface area contributed by atoms with Crippen LogP contribution in [0.5, 0.6) is 0 Å². The summed E-state index contributed by atoms with van der Waals surface area (Å²) in [5.41, 5.74) is 2.88. The van der Waals surface area contributed by atoms with Crippen LogP contribution in [0.4, 0.5) is 5.69 Å². The summed E-state index contributed by atoms with van der Waals surface area (Å²) in [6.45, 7) is 5.09. The van der Waals surface area contributed by atoms with Gasteiger partial charge in [0, 0.05) is 30.6 Å². The van der Waals surface area contributed by atoms with E-state index in [9.17, 15) is 19.5 Å². The van der Waals surface area contributed by atoms with E-state index in [-0.39, 0.29) is 29.6 Å². The summed E-state index contributed by atoms with van der Waals surface area (Å²) >= 11 is 1.56. The van der Waals surface area contributed by atoms with Gasteiger partial charge in [-0.05, 0) is 44.2 Å². The maximum absolute atomic E-state index is 14.4. The summed E-state index contributed by atoms with van der Waals surface area (Å²) in [7, 11) is 0. The third-order valence-electron chi connectivity index (χ3n) is 7.64. The molecule has 35 heavy (non-hydrogen) atoms. The molecule has 0 aliphatic carbocycles. The molecule has 2 fully saturated rings. The molecule has 7 nitrogen and oxygen atoms in total. The largest absolute Gasteiger partial charge is 0.465 e. The molecule has 1 unspecified atom stereocenters. The Kier molecular flexibility index (Phi) is 6.53. The molecule has 4 heterocycles. The maximum Gasteiger partial charge on any atom is 0.311 e. The summed E-state index contributed by atoms with van der Waals surface area (Å²) in [6, 6.07) is 5.24. The van der Waals surface area contributed by atoms with E-state index < -0.39 is 22.6 Å². The highest BCUT2D eigenvalue weighted by molar-refractivity contribution is 8.02. The van der Waals surface area contributed by atoms with Crippen molar-refractivity contribution in [3.8, 4) is 0 Å². The van der Waals surface area contributed by atoms with Gasteiger partial charge in [0.15, 0.2) is 0 Å². The number of likely N-dealkylation sites (tertiary alicyclic amines) is 1. The summed E-state index contributed by atoms with van der Waals surface area (Å²) in [5.74, 6) is -1.93. The lowest BCUT2D eigenvalue weighted by Gasteiger charge is -2.36. The number of rotatable bonds is 5. The van der Waals surface area contributed by atoms with Crippen LogP contribution in [-0.4, -0.2) is 70.1 Å². The van der Waals surface area contributed by atoms with Crippen molar-refractivity contribution in [1.82, 2.24) is 4.90 Å². The van der Waals surface area contributed by atoms with Crippen LogP contribution in [0.2, 0.25) is 0 Å². The number of hydrogen-bond donors (Lipinski definition) is 1. The van der Waals surface area contributed by atoms with Gasteiger partial charge in [0.1, 0.15) is 6.04 Å². The molecule has 8 heteroatoms. The molecular weight excluding hydrogens is 464 g/mol. The number of ether oxygens (including phenoxy) is 1. The Morgan fingerprint density at radius 1 is 1.11 bits per heavy atom. The zero-order valence-electron chi connectivity index (χ0n) is 20.2. The van der Waals surface area contributed by atoms with Crippen LogP contribution < -0.4 is 4.90 Å². The van der Waals surface area contributed by atoms with Gasteiger partial charge in [-0.25, -0.2) is 0 Å². The SMILES string of the molecule is Cc1cccc(C)c1N1CC=C[C@]23S[C@H]4C=CCCOC(=O)[C@H]4[C@H]2C(=O)N(CCCCO)C3C1=O. The highest BCUT2D eigenvalue weighted by Crippen LogP contribution is 2.61. The Hall–Kier alpha value is -2.58. The minimum Gasteiger partial charge on any atom is -0.465 e. The molecule has 4 aliphatic rings. The number of aryl methyl sites for hydroxylation is 2. The lowest BCUT2D eigenvalue weighted by molar-refractivity contribution is -0.153. The van der Waals surface area contributed by atoms with Crippen molar-refractivity contribution in [3.05, 3.63) is 53.6 Å². The van der Waals surface area contributed by atoms with Gasteiger partial charge in [0.25, 0.3) is 5.91 Å². The van der Waals surface area contributed by atoms with Gasteiger partial charge in [-0.3, -0.25) is 14.4 Å². The molecule has 0 aromatic heterocycles. The van der Waals surface area contributed by atoms with E-state index in [1.54, 1.807) is 21.6 Å². The summed E-state index contributed by atoms with van der Waals surface area (Å²) in [5, 5.41) is 9.11. The van der Waals surface area contributed by atoms with Crippen LogP contribution >= 0.6 is 11.8 Å². The highest BCUT2D eigenvalue weighted by atomic mass is 32.2. The predicted molar refractivity (Wildman–Crippen MR) is 135 cm³/mol. The van der Waals surface area contributed by atoms with Gasteiger partial charge in [-0.2, -0.15) is 0 Å². The van der Waals surface area contributed by atoms with E-state index >= 15 is 0 Å². The molecular formula is C27H32N2O5S. The molecule has 5 atom stereocenters. The number of fused-ring (bicyclic) bond motifs is 2. The van der Waals surface area contributed by atoms with E-state index in [1.807, 2.05) is 56.4 Å². The van der Waals surface area contributed by atoms with E-state index in [4.69, 9.17) is 4.74 Å². The van der Waals surface area contributed by atoms with Gasteiger partial charge >= 0.3 is 5.97 Å². The third-order valence-corrected chi connectivity index (χ3v) is 9.38. The fraction of sp³-hybridized carbons (Fsp3) is 0.519. The molecule has 1 spiro atoms. The van der Waals surface area contributed by atoms with E-state index in [1.165, 1.54) is 0 Å². The first-order valence-corrected chi connectivity index (χ1v) is 13.3. The van der Waals surface area contributed by atoms with Crippen LogP contribution in [0.25, 0.3) is 0 Å². The number of unbranched alkanes of at least 4 members (excludes halogenated alkanes) is 1. The second-order valence-electron chi connectivity index (χ2n) is 9.78. The minimum absolute atomic E-state index is 0.0280. The Morgan fingerprint density at radius 3 is 2.63 bits per heavy atom. The molecule has 2 saturated heterocycles. The molecule has 4 aliphatic heterocycles. The Balaban J connectivity index is 1.62. The fourth-order valence-corrected chi connectivity index (χ4v) is 8.17. The quantitative estimate of drug-likeness (QED) is 0.383. The number of hydrogen-bond acceptors (Lipinski definition) is 6. The molecule has 2 amide bonds. The molecule has 5 rings (SSSR count). The summed E-state index contributed by atoms with van der Waals surface area (Å²) in [6.07, 6.45) is 9.83. The predicted octanol–water partition coefficient (Wildman–Crippen LogP) is 2.78. The zero-order chi connectivity index (χ0) is 24.7. The number of carbonyl (C=O) groups is 3. The van der Waals surface area contributed by atoms with Crippen LogP contribution in [0.3, 0.4) is 0 Å². The van der Waals surface area contributed by atoms with Crippen molar-refractivity contribution in [2.24, 2.45) is 11.8 Å². The zero-order valence-corrected chi connectivity index (χ0v) is 21.0. The molecule has 1 N–H and O–H groups in total. The fourth-order valence-electron chi connectivity index (χ4n) is 6.17. The average Bonchev–Trinajstić information content (AvgIpc) is 3.19. The molecule has 186 valence electrons. The number of aliphatic hydroxyl groups excluding tert-OH is 1. The second kappa shape index (κ2) is 9.47. The van der Waals surface area contributed by atoms with Crippen LogP contribution in [0.1, 0.15) is 30.4 Å². The van der Waals surface area contributed by atoms with Gasteiger partial charge < -0.3 is 19.6 Å². The van der Waals surface area contributed by atoms with Crippen molar-refractivity contribution >= 4 is 35.2 Å². The van der Waals surface area contributed by atoms with E-state index in [0.29, 0.717) is 39.0 Å². The maximum atomic E-state index is 14.4. The Bertz CT molecular complexity index is 1080. The monoisotopic (exact) mass is 496 g/mol. The third kappa shape index (κ3) is 3.82. The first-order valence-electron chi connectivity index (χ1n) is 12.4. The molecule has 0 radical (unpaired) electrons. The van der Waals surface area contributed by atoms with Crippen LogP contribution in [-0.2, 0) is 19.1 Å². The molecule has 0 saturated carbocycles. The molecule has 1 aromatic carbocycles. The summed E-state index contributed by atoms with van der Waals surface area (Å²) < 4.78 is 4.67. The standard InChI is InChI=1S/C27H32N2O5S/c1-17-9-7-10-18(2)22(17)28-14-8-12-27-21(20-19(35-27)11-3-6-16-34-26(20)33)24(31)29(13-4-5-15-30)23(27)25(28)32/h3,7-12,19-21,23,30H,4-6,13-16H2,1-2H3/t19-,20+,21-,23?,27-/m0/s1. The van der Waals surface area contributed by atoms with E-state index in [2.05, 4.69) is 0 Å². The second-order valence-corrected chi connectivity index (χ2v) is 11.3. The lowest BCUT2D eigenvalue weighted by atomic mass is 9.78. The van der Waals surface area contributed by atoms with Crippen molar-refractivity contribution in [3.63, 3.8) is 0 Å². The number of thioether (sulfide) groups is 1. The number of amides is 2. The first kappa shape index (κ1) is 24.1. The van der Waals surface area contributed by atoms with Crippen molar-refractivity contribution < 1.29 is 24.2 Å². The van der Waals surface area contributed by atoms with Gasteiger partial charge in [0.05, 0.1) is 23.2 Å². The topological polar surface area (TPSA) is 87.2 Å². The Morgan fingerprint density at radius 2 is 1.89 bits per heavy atom. The number of aliphatic hydroxyl groups is 1. The van der Waals surface area contributed by atoms with Crippen LogP contribution in [0, 0.1) is 25.7 Å². The number of anilines is 1. The highest BCUT2D eigenvalue weighted by Gasteiger charge is 2.71. The molecule has 0 bridgehead atoms. The number of carbonyl (C=O) groups excluding carboxylic acids is 3. The summed E-state index contributed by atoms with van der Waals surface area (Å²) in [4.78, 5) is 45.0. The Labute approximate surface area is 210 Å². The first-order chi connectivity index (χ1) is 16.9. The number of cyclic esters (lactones) is 1. The number of esters is 1. The number of benzene rings is 1. The minimum atomic E-state index is -0.845. The van der Waals surface area contributed by atoms with E-state index in [0.717, 1.165) is 16.8 Å². The van der Waals surface area contributed by atoms with Crippen LogP contribution in [0.15, 0.2) is 42.5 Å². The smallest absolute Gasteiger partial charge is 0.311 e. The number of para-hydroxylation sites is 1. The van der Waals surface area contributed by atoms with Crippen molar-refractivity contribution in [1.29, 1.82) is 0 Å². The van der Waals surface area contributed by atoms with Crippen molar-refractivity contribution in [2.75, 3.05) is 31.2 Å². The molecule has 1 aromatic rings. The van der Waals surface area contributed by atoms with Gasteiger partial charge in [-0.1, -0.05) is 42.5 Å². The van der Waals surface area contributed by atoms with Gasteiger partial charge in [0.2, 0.25) is 5.91 Å². The number of nitrogens with zero attached hydrogens (tertiary/aromatic N) is 2. The van der Waals surface area contributed by atoms with Crippen molar-refractivity contribution in [2.45, 2.75) is 49.1 Å². The lowest BCUT2D eigenvalue weighted by Crippen LogP contribution is -2.53.